The minimum Gasteiger partial charge on any atom is -0.376 e. The maximum absolute atomic E-state index is 5.69. The third-order valence-electron chi connectivity index (χ3n) is 3.18. The van der Waals surface area contributed by atoms with Crippen molar-refractivity contribution in [2.24, 2.45) is 0 Å². The number of nitrogens with zero attached hydrogens (tertiary/aromatic N) is 1. The van der Waals surface area contributed by atoms with Crippen LogP contribution in [-0.2, 0) is 24.2 Å². The van der Waals surface area contributed by atoms with E-state index in [-0.39, 0.29) is 0 Å². The van der Waals surface area contributed by atoms with Crippen molar-refractivity contribution >= 4 is 0 Å². The van der Waals surface area contributed by atoms with Gasteiger partial charge < -0.3 is 10.1 Å². The number of benzene rings is 1. The molecular formula is C17H22N2O. The Morgan fingerprint density at radius 2 is 1.80 bits per heavy atom. The van der Waals surface area contributed by atoms with Gasteiger partial charge in [-0.1, -0.05) is 30.3 Å². The molecule has 1 aromatic heterocycles. The van der Waals surface area contributed by atoms with Crippen molar-refractivity contribution < 1.29 is 4.74 Å². The molecule has 0 aliphatic rings. The van der Waals surface area contributed by atoms with Gasteiger partial charge in [0.2, 0.25) is 0 Å². The summed E-state index contributed by atoms with van der Waals surface area (Å²) in [6, 6.07) is 14.6. The smallest absolute Gasteiger partial charge is 0.0717 e. The van der Waals surface area contributed by atoms with Crippen molar-refractivity contribution in [2.45, 2.75) is 19.4 Å². The van der Waals surface area contributed by atoms with Gasteiger partial charge in [0, 0.05) is 18.3 Å². The summed E-state index contributed by atoms with van der Waals surface area (Å²) in [7, 11) is 1.98. The van der Waals surface area contributed by atoms with Gasteiger partial charge in [0.05, 0.1) is 13.2 Å². The first kappa shape index (κ1) is 14.7. The number of ether oxygens (including phenoxy) is 1. The first-order valence-corrected chi connectivity index (χ1v) is 7.08. The van der Waals surface area contributed by atoms with Gasteiger partial charge in [-0.2, -0.15) is 0 Å². The molecule has 0 aliphatic heterocycles. The van der Waals surface area contributed by atoms with E-state index in [2.05, 4.69) is 34.6 Å². The Hall–Kier alpha value is -1.71. The summed E-state index contributed by atoms with van der Waals surface area (Å²) in [5.74, 6) is 0. The highest BCUT2D eigenvalue weighted by Gasteiger charge is 1.97. The fourth-order valence-corrected chi connectivity index (χ4v) is 1.98. The monoisotopic (exact) mass is 270 g/mol. The third kappa shape index (κ3) is 5.11. The zero-order chi connectivity index (χ0) is 14.0. The topological polar surface area (TPSA) is 34.1 Å². The molecule has 2 aromatic rings. The summed E-state index contributed by atoms with van der Waals surface area (Å²) in [6.45, 7) is 2.39. The van der Waals surface area contributed by atoms with Gasteiger partial charge in [0.1, 0.15) is 0 Å². The van der Waals surface area contributed by atoms with Crippen LogP contribution < -0.4 is 5.32 Å². The molecule has 0 unspecified atom stereocenters. The van der Waals surface area contributed by atoms with Gasteiger partial charge in [-0.25, -0.2) is 0 Å². The van der Waals surface area contributed by atoms with E-state index >= 15 is 0 Å². The van der Waals surface area contributed by atoms with Crippen LogP contribution in [0.25, 0.3) is 0 Å². The quantitative estimate of drug-likeness (QED) is 0.749. The van der Waals surface area contributed by atoms with E-state index in [1.807, 2.05) is 31.4 Å². The van der Waals surface area contributed by atoms with Crippen LogP contribution in [0.4, 0.5) is 0 Å². The van der Waals surface area contributed by atoms with E-state index in [9.17, 15) is 0 Å². The summed E-state index contributed by atoms with van der Waals surface area (Å²) < 4.78 is 5.69. The second kappa shape index (κ2) is 8.46. The summed E-state index contributed by atoms with van der Waals surface area (Å²) >= 11 is 0. The van der Waals surface area contributed by atoms with E-state index in [4.69, 9.17) is 4.74 Å². The Kier molecular flexibility index (Phi) is 6.21. The van der Waals surface area contributed by atoms with Crippen LogP contribution in [0.1, 0.15) is 16.8 Å². The maximum Gasteiger partial charge on any atom is 0.0717 e. The van der Waals surface area contributed by atoms with Crippen molar-refractivity contribution in [1.29, 1.82) is 0 Å². The molecule has 0 radical (unpaired) electrons. The zero-order valence-electron chi connectivity index (χ0n) is 12.0. The maximum atomic E-state index is 5.69. The van der Waals surface area contributed by atoms with Crippen molar-refractivity contribution in [3.05, 3.63) is 65.5 Å². The van der Waals surface area contributed by atoms with Crippen LogP contribution in [-0.4, -0.2) is 25.2 Å². The lowest BCUT2D eigenvalue weighted by molar-refractivity contribution is 0.123. The van der Waals surface area contributed by atoms with Crippen molar-refractivity contribution in [1.82, 2.24) is 10.3 Å². The van der Waals surface area contributed by atoms with E-state index < -0.39 is 0 Å². The largest absolute Gasteiger partial charge is 0.376 e. The van der Waals surface area contributed by atoms with E-state index in [0.717, 1.165) is 25.1 Å². The summed E-state index contributed by atoms with van der Waals surface area (Å²) in [6.07, 6.45) is 3.75. The van der Waals surface area contributed by atoms with Crippen LogP contribution in [0.2, 0.25) is 0 Å². The second-order valence-electron chi connectivity index (χ2n) is 4.79. The Morgan fingerprint density at radius 1 is 1.00 bits per heavy atom. The molecule has 3 heteroatoms. The predicted octanol–water partition coefficient (Wildman–Crippen LogP) is 2.60. The average molecular weight is 270 g/mol. The highest BCUT2D eigenvalue weighted by molar-refractivity contribution is 5.22. The summed E-state index contributed by atoms with van der Waals surface area (Å²) in [4.78, 5) is 4.28. The van der Waals surface area contributed by atoms with E-state index in [1.54, 1.807) is 0 Å². The molecule has 1 heterocycles. The van der Waals surface area contributed by atoms with Crippen LogP contribution in [0.5, 0.6) is 0 Å². The number of rotatable bonds is 8. The predicted molar refractivity (Wildman–Crippen MR) is 81.7 cm³/mol. The molecule has 1 N–H and O–H groups in total. The molecule has 106 valence electrons. The number of hydrogen-bond acceptors (Lipinski definition) is 3. The van der Waals surface area contributed by atoms with Crippen molar-refractivity contribution in [2.75, 3.05) is 20.2 Å². The molecule has 0 spiro atoms. The summed E-state index contributed by atoms with van der Waals surface area (Å²) in [5.41, 5.74) is 3.66. The number of pyridine rings is 1. The fourth-order valence-electron chi connectivity index (χ4n) is 1.98. The molecule has 0 saturated carbocycles. The fraction of sp³-hybridized carbons (Fsp3) is 0.353. The zero-order valence-corrected chi connectivity index (χ0v) is 12.0. The number of aromatic nitrogens is 1. The van der Waals surface area contributed by atoms with Gasteiger partial charge >= 0.3 is 0 Å². The normalized spacial score (nSPS) is 10.7. The highest BCUT2D eigenvalue weighted by Crippen LogP contribution is 2.06. The first-order valence-electron chi connectivity index (χ1n) is 7.08. The highest BCUT2D eigenvalue weighted by atomic mass is 16.5. The van der Waals surface area contributed by atoms with Gasteiger partial charge in [0.15, 0.2) is 0 Å². The molecule has 0 bridgehead atoms. The molecule has 0 saturated heterocycles. The van der Waals surface area contributed by atoms with Gasteiger partial charge in [0.25, 0.3) is 0 Å². The van der Waals surface area contributed by atoms with Gasteiger partial charge in [-0.3, -0.25) is 4.98 Å². The molecule has 1 aromatic carbocycles. The Morgan fingerprint density at radius 3 is 2.50 bits per heavy atom. The molecule has 2 rings (SSSR count). The number of nitrogens with one attached hydrogen (secondary N) is 1. The average Bonchev–Trinajstić information content (AvgIpc) is 2.52. The lowest BCUT2D eigenvalue weighted by atomic mass is 10.1. The van der Waals surface area contributed by atoms with Crippen LogP contribution in [0.15, 0.2) is 48.7 Å². The molecular weight excluding hydrogens is 248 g/mol. The molecule has 3 nitrogen and oxygen atoms in total. The second-order valence-corrected chi connectivity index (χ2v) is 4.79. The summed E-state index contributed by atoms with van der Waals surface area (Å²) in [5, 5.41) is 3.16. The van der Waals surface area contributed by atoms with Crippen LogP contribution >= 0.6 is 0 Å². The standard InChI is InChI=1S/C17H22N2O/c1-18-12-9-15-5-7-16(8-6-15)14-20-13-10-17-4-2-3-11-19-17/h2-8,11,18H,9-10,12-14H2,1H3. The van der Waals surface area contributed by atoms with Crippen LogP contribution in [0, 0.1) is 0 Å². The molecule has 0 fully saturated rings. The molecule has 20 heavy (non-hydrogen) atoms. The Labute approximate surface area is 121 Å². The van der Waals surface area contributed by atoms with Crippen molar-refractivity contribution in [3.63, 3.8) is 0 Å². The number of likely N-dealkylation sites (N-methyl/N-ethyl adjacent to an activating group) is 1. The third-order valence-corrected chi connectivity index (χ3v) is 3.18. The first-order chi connectivity index (χ1) is 9.88. The van der Waals surface area contributed by atoms with Gasteiger partial charge in [-0.15, -0.1) is 0 Å². The lowest BCUT2D eigenvalue weighted by Crippen LogP contribution is -2.10. The minimum atomic E-state index is 0.666. The Bertz CT molecular complexity index is 482. The number of hydrogen-bond donors (Lipinski definition) is 1. The van der Waals surface area contributed by atoms with Crippen LogP contribution in [0.3, 0.4) is 0 Å². The van der Waals surface area contributed by atoms with E-state index in [0.29, 0.717) is 13.2 Å². The lowest BCUT2D eigenvalue weighted by Gasteiger charge is -2.06. The molecule has 0 atom stereocenters. The van der Waals surface area contributed by atoms with Crippen molar-refractivity contribution in [3.8, 4) is 0 Å². The molecule has 0 amide bonds. The van der Waals surface area contributed by atoms with E-state index in [1.165, 1.54) is 11.1 Å². The SMILES string of the molecule is CNCCc1ccc(COCCc2ccccn2)cc1. The van der Waals surface area contributed by atoms with Gasteiger partial charge in [-0.05, 0) is 43.3 Å². The Balaban J connectivity index is 1.69. The minimum absolute atomic E-state index is 0.666. The molecule has 0 aliphatic carbocycles.